The van der Waals surface area contributed by atoms with E-state index in [-0.39, 0.29) is 0 Å². The number of hydrogen-bond donors (Lipinski definition) is 2. The minimum atomic E-state index is -0.735. The molecule has 5 nitrogen and oxygen atoms in total. The first-order valence-corrected chi connectivity index (χ1v) is 6.92. The smallest absolute Gasteiger partial charge is 0.0860 e. The zero-order chi connectivity index (χ0) is 11.8. The van der Waals surface area contributed by atoms with E-state index in [0.717, 1.165) is 0 Å². The van der Waals surface area contributed by atoms with Gasteiger partial charge in [-0.2, -0.15) is 5.10 Å². The number of hydrogen-bond acceptors (Lipinski definition) is 4. The topological polar surface area (TPSA) is 67.2 Å². The van der Waals surface area contributed by atoms with Crippen molar-refractivity contribution in [3.63, 3.8) is 0 Å². The number of nitrogens with one attached hydrogen (secondary N) is 1. The molecule has 0 aromatic carbocycles. The van der Waals surface area contributed by atoms with Crippen molar-refractivity contribution in [1.29, 1.82) is 0 Å². The molecule has 1 heterocycles. The van der Waals surface area contributed by atoms with E-state index in [4.69, 9.17) is 0 Å². The van der Waals surface area contributed by atoms with Gasteiger partial charge in [-0.1, -0.05) is 6.92 Å². The lowest BCUT2D eigenvalue weighted by atomic mass is 10.3. The molecule has 1 rings (SSSR count). The van der Waals surface area contributed by atoms with Crippen LogP contribution < -0.4 is 5.32 Å². The number of nitrogens with zero attached hydrogens (tertiary/aromatic N) is 2. The Bertz CT molecular complexity index is 303. The Morgan fingerprint density at radius 1 is 1.62 bits per heavy atom. The molecule has 2 N–H and O–H groups in total. The first-order valence-electron chi connectivity index (χ1n) is 5.43. The van der Waals surface area contributed by atoms with Crippen molar-refractivity contribution in [2.24, 2.45) is 0 Å². The molecule has 0 aliphatic rings. The molecular weight excluding hydrogens is 226 g/mol. The summed E-state index contributed by atoms with van der Waals surface area (Å²) in [5, 5.41) is 16.7. The van der Waals surface area contributed by atoms with Crippen LogP contribution in [0.1, 0.15) is 6.92 Å². The molecule has 16 heavy (non-hydrogen) atoms. The fourth-order valence-corrected chi connectivity index (χ4v) is 1.95. The predicted octanol–water partition coefficient (Wildman–Crippen LogP) is -0.398. The van der Waals surface area contributed by atoms with Gasteiger partial charge in [0.05, 0.1) is 12.6 Å². The zero-order valence-electron chi connectivity index (χ0n) is 9.50. The lowest BCUT2D eigenvalue weighted by Gasteiger charge is -2.11. The van der Waals surface area contributed by atoms with E-state index in [2.05, 4.69) is 10.4 Å². The molecule has 0 spiro atoms. The lowest BCUT2D eigenvalue weighted by molar-refractivity contribution is 0.147. The Labute approximate surface area is 98.3 Å². The molecule has 1 aromatic rings. The van der Waals surface area contributed by atoms with E-state index in [1.54, 1.807) is 10.9 Å². The fourth-order valence-electron chi connectivity index (χ4n) is 1.29. The second kappa shape index (κ2) is 7.54. The summed E-state index contributed by atoms with van der Waals surface area (Å²) in [6, 6.07) is 1.82. The van der Waals surface area contributed by atoms with Gasteiger partial charge in [0.15, 0.2) is 0 Å². The van der Waals surface area contributed by atoms with E-state index in [9.17, 15) is 9.32 Å². The van der Waals surface area contributed by atoms with E-state index in [1.807, 2.05) is 19.2 Å². The quantitative estimate of drug-likeness (QED) is 0.612. The minimum absolute atomic E-state index is 0.463. The van der Waals surface area contributed by atoms with Gasteiger partial charge in [-0.25, -0.2) is 0 Å². The van der Waals surface area contributed by atoms with Crippen LogP contribution in [-0.4, -0.2) is 49.8 Å². The SMILES string of the molecule is CCS(=O)CCNCC(O)Cn1cccn1. The molecule has 92 valence electrons. The highest BCUT2D eigenvalue weighted by molar-refractivity contribution is 7.84. The first kappa shape index (κ1) is 13.3. The van der Waals surface area contributed by atoms with Gasteiger partial charge in [-0.3, -0.25) is 8.89 Å². The summed E-state index contributed by atoms with van der Waals surface area (Å²) in [6.07, 6.45) is 3.04. The summed E-state index contributed by atoms with van der Waals surface area (Å²) >= 11 is 0. The third kappa shape index (κ3) is 5.39. The molecule has 0 aliphatic carbocycles. The normalized spacial score (nSPS) is 14.9. The summed E-state index contributed by atoms with van der Waals surface area (Å²) in [6.45, 7) is 3.57. The van der Waals surface area contributed by atoms with Crippen LogP contribution in [0.15, 0.2) is 18.5 Å². The fraction of sp³-hybridized carbons (Fsp3) is 0.700. The number of aliphatic hydroxyl groups excluding tert-OH is 1. The standard InChI is InChI=1S/C10H19N3O2S/c1-2-16(15)7-5-11-8-10(14)9-13-6-3-4-12-13/h3-4,6,10-11,14H,2,5,7-9H2,1H3. The first-order chi connectivity index (χ1) is 7.72. The van der Waals surface area contributed by atoms with Gasteiger partial charge in [-0.15, -0.1) is 0 Å². The Hall–Kier alpha value is -0.720. The van der Waals surface area contributed by atoms with Crippen LogP contribution in [0.4, 0.5) is 0 Å². The van der Waals surface area contributed by atoms with Crippen LogP contribution in [0.3, 0.4) is 0 Å². The van der Waals surface area contributed by atoms with Crippen LogP contribution in [0, 0.1) is 0 Å². The maximum atomic E-state index is 11.1. The average molecular weight is 245 g/mol. The highest BCUT2D eigenvalue weighted by atomic mass is 32.2. The van der Waals surface area contributed by atoms with Crippen LogP contribution in [-0.2, 0) is 17.3 Å². The van der Waals surface area contributed by atoms with Crippen LogP contribution in [0.5, 0.6) is 0 Å². The Morgan fingerprint density at radius 3 is 3.06 bits per heavy atom. The molecular formula is C10H19N3O2S. The third-order valence-electron chi connectivity index (χ3n) is 2.17. The zero-order valence-corrected chi connectivity index (χ0v) is 10.3. The van der Waals surface area contributed by atoms with Crippen molar-refractivity contribution in [2.75, 3.05) is 24.6 Å². The molecule has 0 bridgehead atoms. The minimum Gasteiger partial charge on any atom is -0.390 e. The molecule has 0 fully saturated rings. The van der Waals surface area contributed by atoms with Crippen molar-refractivity contribution in [1.82, 2.24) is 15.1 Å². The summed E-state index contributed by atoms with van der Waals surface area (Å²) in [7, 11) is -0.735. The van der Waals surface area contributed by atoms with Gasteiger partial charge in [0.1, 0.15) is 0 Å². The number of aliphatic hydroxyl groups is 1. The van der Waals surface area contributed by atoms with Gasteiger partial charge in [-0.05, 0) is 6.07 Å². The van der Waals surface area contributed by atoms with Gasteiger partial charge in [0, 0.05) is 47.8 Å². The molecule has 2 atom stereocenters. The van der Waals surface area contributed by atoms with Crippen LogP contribution in [0.25, 0.3) is 0 Å². The molecule has 0 saturated carbocycles. The highest BCUT2D eigenvalue weighted by Crippen LogP contribution is 1.90. The molecule has 2 unspecified atom stereocenters. The van der Waals surface area contributed by atoms with E-state index in [0.29, 0.717) is 31.1 Å². The molecule has 6 heteroatoms. The Balaban J connectivity index is 2.06. The summed E-state index contributed by atoms with van der Waals surface area (Å²) < 4.78 is 12.8. The average Bonchev–Trinajstić information content (AvgIpc) is 2.76. The molecule has 0 radical (unpaired) electrons. The number of rotatable bonds is 8. The highest BCUT2D eigenvalue weighted by Gasteiger charge is 2.04. The van der Waals surface area contributed by atoms with Gasteiger partial charge >= 0.3 is 0 Å². The largest absolute Gasteiger partial charge is 0.390 e. The van der Waals surface area contributed by atoms with Crippen molar-refractivity contribution < 1.29 is 9.32 Å². The molecule has 0 saturated heterocycles. The van der Waals surface area contributed by atoms with E-state index >= 15 is 0 Å². The number of aromatic nitrogens is 2. The second-order valence-electron chi connectivity index (χ2n) is 3.52. The van der Waals surface area contributed by atoms with Crippen molar-refractivity contribution in [3.05, 3.63) is 18.5 Å². The third-order valence-corrected chi connectivity index (χ3v) is 3.47. The molecule has 0 aliphatic heterocycles. The van der Waals surface area contributed by atoms with Crippen LogP contribution >= 0.6 is 0 Å². The van der Waals surface area contributed by atoms with Crippen LogP contribution in [0.2, 0.25) is 0 Å². The predicted molar refractivity (Wildman–Crippen MR) is 64.7 cm³/mol. The van der Waals surface area contributed by atoms with Crippen molar-refractivity contribution in [3.8, 4) is 0 Å². The van der Waals surface area contributed by atoms with Crippen molar-refractivity contribution >= 4 is 10.8 Å². The maximum absolute atomic E-state index is 11.1. The monoisotopic (exact) mass is 245 g/mol. The Morgan fingerprint density at radius 2 is 2.44 bits per heavy atom. The van der Waals surface area contributed by atoms with Gasteiger partial charge in [0.25, 0.3) is 0 Å². The van der Waals surface area contributed by atoms with E-state index in [1.165, 1.54) is 0 Å². The Kier molecular flexibility index (Phi) is 6.29. The summed E-state index contributed by atoms with van der Waals surface area (Å²) in [5.41, 5.74) is 0. The lowest BCUT2D eigenvalue weighted by Crippen LogP contribution is -2.32. The summed E-state index contributed by atoms with van der Waals surface area (Å²) in [4.78, 5) is 0. The molecule has 1 aromatic heterocycles. The maximum Gasteiger partial charge on any atom is 0.0860 e. The molecule has 0 amide bonds. The van der Waals surface area contributed by atoms with Gasteiger partial charge in [0.2, 0.25) is 0 Å². The second-order valence-corrected chi connectivity index (χ2v) is 5.38. The summed E-state index contributed by atoms with van der Waals surface area (Å²) in [5.74, 6) is 1.34. The van der Waals surface area contributed by atoms with Gasteiger partial charge < -0.3 is 10.4 Å². The van der Waals surface area contributed by atoms with E-state index < -0.39 is 16.9 Å². The van der Waals surface area contributed by atoms with Crippen molar-refractivity contribution in [2.45, 2.75) is 19.6 Å².